The molecule has 1 aliphatic carbocycles. The third kappa shape index (κ3) is 6.50. The number of hydrogen-bond donors (Lipinski definition) is 2. The van der Waals surface area contributed by atoms with Crippen molar-refractivity contribution in [2.75, 3.05) is 7.05 Å². The van der Waals surface area contributed by atoms with E-state index in [-0.39, 0.29) is 5.92 Å². The molecule has 0 bridgehead atoms. The highest BCUT2D eigenvalue weighted by molar-refractivity contribution is 5.70. The summed E-state index contributed by atoms with van der Waals surface area (Å²) in [5.74, 6) is -0.741. The van der Waals surface area contributed by atoms with Gasteiger partial charge in [-0.2, -0.15) is 0 Å². The van der Waals surface area contributed by atoms with Crippen LogP contribution >= 0.6 is 0 Å². The molecule has 3 nitrogen and oxygen atoms in total. The average Bonchev–Trinajstić information content (AvgIpc) is 2.68. The van der Waals surface area contributed by atoms with Gasteiger partial charge in [-0.25, -0.2) is 0 Å². The Morgan fingerprint density at radius 2 is 1.93 bits per heavy atom. The second kappa shape index (κ2) is 8.72. The summed E-state index contributed by atoms with van der Waals surface area (Å²) >= 11 is 0. The van der Waals surface area contributed by atoms with Gasteiger partial charge in [-0.3, -0.25) is 4.79 Å². The Kier molecular flexibility index (Phi) is 8.38. The predicted molar refractivity (Wildman–Crippen MR) is 63.0 cm³/mol. The number of aliphatic carboxylic acids is 1. The Morgan fingerprint density at radius 1 is 1.33 bits per heavy atom. The summed E-state index contributed by atoms with van der Waals surface area (Å²) in [6, 6.07) is 0.432. The normalized spacial score (nSPS) is 24.5. The van der Waals surface area contributed by atoms with Gasteiger partial charge in [-0.15, -0.1) is 0 Å². The minimum absolute atomic E-state index is 0.0996. The average molecular weight is 215 g/mol. The molecule has 0 spiro atoms. The van der Waals surface area contributed by atoms with Crippen molar-refractivity contribution in [1.82, 2.24) is 5.32 Å². The number of carbonyl (C=O) groups is 1. The minimum atomic E-state index is -0.641. The summed E-state index contributed by atoms with van der Waals surface area (Å²) < 4.78 is 0. The molecule has 2 unspecified atom stereocenters. The van der Waals surface area contributed by atoms with Crippen LogP contribution in [0.3, 0.4) is 0 Å². The molecule has 2 atom stereocenters. The van der Waals surface area contributed by atoms with Crippen LogP contribution in [0.5, 0.6) is 0 Å². The number of hydrogen-bond acceptors (Lipinski definition) is 2. The quantitative estimate of drug-likeness (QED) is 0.758. The molecule has 0 radical (unpaired) electrons. The Morgan fingerprint density at radius 3 is 2.13 bits per heavy atom. The van der Waals surface area contributed by atoms with Crippen LogP contribution in [0.25, 0.3) is 0 Å². The Balaban J connectivity index is 0.000000336. The summed E-state index contributed by atoms with van der Waals surface area (Å²) in [4.78, 5) is 10.4. The molecule has 0 aliphatic heterocycles. The van der Waals surface area contributed by atoms with Crippen LogP contribution in [-0.2, 0) is 4.79 Å². The standard InChI is InChI=1S/C7H13NO2.C5H12/c1-8-6-3-2-5(4-6)7(9)10;1-3-5-4-2/h5-6,8H,2-4H2,1H3,(H,9,10);3-5H2,1-2H3. The third-order valence-electron chi connectivity index (χ3n) is 2.90. The SMILES string of the molecule is CCCCC.CNC1CCC(C(=O)O)C1. The van der Waals surface area contributed by atoms with E-state index >= 15 is 0 Å². The Labute approximate surface area is 93.3 Å². The van der Waals surface area contributed by atoms with E-state index in [1.807, 2.05) is 7.05 Å². The molecule has 90 valence electrons. The number of carboxylic acids is 1. The van der Waals surface area contributed by atoms with Crippen LogP contribution in [0.15, 0.2) is 0 Å². The number of unbranched alkanes of at least 4 members (excludes halogenated alkanes) is 2. The van der Waals surface area contributed by atoms with Crippen molar-refractivity contribution in [2.45, 2.75) is 58.4 Å². The Bertz CT molecular complexity index is 169. The molecular formula is C12H25NO2. The largest absolute Gasteiger partial charge is 0.481 e. The summed E-state index contributed by atoms with van der Waals surface area (Å²) in [5.41, 5.74) is 0. The van der Waals surface area contributed by atoms with Gasteiger partial charge in [0.25, 0.3) is 0 Å². The van der Waals surface area contributed by atoms with Crippen molar-refractivity contribution in [3.63, 3.8) is 0 Å². The first-order valence-electron chi connectivity index (χ1n) is 6.05. The molecule has 0 amide bonds. The fraction of sp³-hybridized carbons (Fsp3) is 0.917. The molecule has 1 fully saturated rings. The smallest absolute Gasteiger partial charge is 0.306 e. The van der Waals surface area contributed by atoms with E-state index in [2.05, 4.69) is 19.2 Å². The Hall–Kier alpha value is -0.570. The first-order chi connectivity index (χ1) is 7.15. The third-order valence-corrected chi connectivity index (χ3v) is 2.90. The molecule has 15 heavy (non-hydrogen) atoms. The maximum atomic E-state index is 10.4. The fourth-order valence-electron chi connectivity index (χ4n) is 1.82. The summed E-state index contributed by atoms with van der Waals surface area (Å²) in [5, 5.41) is 11.7. The van der Waals surface area contributed by atoms with Crippen LogP contribution in [-0.4, -0.2) is 24.2 Å². The monoisotopic (exact) mass is 215 g/mol. The molecule has 1 aliphatic rings. The molecular weight excluding hydrogens is 190 g/mol. The molecule has 0 aromatic rings. The van der Waals surface area contributed by atoms with Crippen LogP contribution < -0.4 is 5.32 Å². The van der Waals surface area contributed by atoms with Crippen molar-refractivity contribution < 1.29 is 9.90 Å². The molecule has 0 saturated heterocycles. The van der Waals surface area contributed by atoms with Gasteiger partial charge in [0.05, 0.1) is 5.92 Å². The van der Waals surface area contributed by atoms with Crippen LogP contribution in [0.4, 0.5) is 0 Å². The molecule has 0 aromatic heterocycles. The molecule has 3 heteroatoms. The first kappa shape index (κ1) is 14.4. The highest BCUT2D eigenvalue weighted by Gasteiger charge is 2.28. The zero-order valence-electron chi connectivity index (χ0n) is 10.3. The lowest BCUT2D eigenvalue weighted by Crippen LogP contribution is -2.22. The van der Waals surface area contributed by atoms with E-state index in [4.69, 9.17) is 5.11 Å². The highest BCUT2D eigenvalue weighted by atomic mass is 16.4. The lowest BCUT2D eigenvalue weighted by Gasteiger charge is -2.05. The van der Waals surface area contributed by atoms with Crippen molar-refractivity contribution in [2.24, 2.45) is 5.92 Å². The first-order valence-corrected chi connectivity index (χ1v) is 6.05. The van der Waals surface area contributed by atoms with Gasteiger partial charge in [0.2, 0.25) is 0 Å². The molecule has 2 N–H and O–H groups in total. The van der Waals surface area contributed by atoms with Gasteiger partial charge in [0.15, 0.2) is 0 Å². The maximum Gasteiger partial charge on any atom is 0.306 e. The van der Waals surface area contributed by atoms with Gasteiger partial charge in [0.1, 0.15) is 0 Å². The summed E-state index contributed by atoms with van der Waals surface area (Å²) in [6.45, 7) is 4.42. The maximum absolute atomic E-state index is 10.4. The van der Waals surface area contributed by atoms with Crippen molar-refractivity contribution in [3.05, 3.63) is 0 Å². The highest BCUT2D eigenvalue weighted by Crippen LogP contribution is 2.24. The minimum Gasteiger partial charge on any atom is -0.481 e. The number of nitrogens with one attached hydrogen (secondary N) is 1. The van der Waals surface area contributed by atoms with Crippen molar-refractivity contribution in [1.29, 1.82) is 0 Å². The van der Waals surface area contributed by atoms with Gasteiger partial charge < -0.3 is 10.4 Å². The number of rotatable bonds is 4. The van der Waals surface area contributed by atoms with Gasteiger partial charge >= 0.3 is 5.97 Å². The van der Waals surface area contributed by atoms with Gasteiger partial charge in [0, 0.05) is 6.04 Å². The molecule has 0 heterocycles. The topological polar surface area (TPSA) is 49.3 Å². The van der Waals surface area contributed by atoms with E-state index in [1.165, 1.54) is 19.3 Å². The lowest BCUT2D eigenvalue weighted by molar-refractivity contribution is -0.141. The fourth-order valence-corrected chi connectivity index (χ4v) is 1.82. The van der Waals surface area contributed by atoms with E-state index in [0.29, 0.717) is 6.04 Å². The molecule has 1 rings (SSSR count). The summed E-state index contributed by atoms with van der Waals surface area (Å²) in [6.07, 6.45) is 6.72. The predicted octanol–water partition coefficient (Wildman–Crippen LogP) is 2.66. The zero-order valence-corrected chi connectivity index (χ0v) is 10.3. The van der Waals surface area contributed by atoms with Crippen LogP contribution in [0.1, 0.15) is 52.4 Å². The van der Waals surface area contributed by atoms with E-state index < -0.39 is 5.97 Å². The zero-order chi connectivity index (χ0) is 11.7. The van der Waals surface area contributed by atoms with E-state index in [1.54, 1.807) is 0 Å². The lowest BCUT2D eigenvalue weighted by atomic mass is 10.1. The van der Waals surface area contributed by atoms with Gasteiger partial charge in [-0.1, -0.05) is 33.1 Å². The molecule has 1 saturated carbocycles. The van der Waals surface area contributed by atoms with E-state index in [0.717, 1.165) is 19.3 Å². The van der Waals surface area contributed by atoms with Crippen LogP contribution in [0.2, 0.25) is 0 Å². The van der Waals surface area contributed by atoms with Gasteiger partial charge in [-0.05, 0) is 26.3 Å². The van der Waals surface area contributed by atoms with Crippen molar-refractivity contribution >= 4 is 5.97 Å². The number of carboxylic acid groups (broad SMARTS) is 1. The van der Waals surface area contributed by atoms with Crippen LogP contribution in [0, 0.1) is 5.92 Å². The van der Waals surface area contributed by atoms with E-state index in [9.17, 15) is 4.79 Å². The second-order valence-corrected chi connectivity index (χ2v) is 4.19. The molecule has 0 aromatic carbocycles. The van der Waals surface area contributed by atoms with Crippen molar-refractivity contribution in [3.8, 4) is 0 Å². The summed E-state index contributed by atoms with van der Waals surface area (Å²) in [7, 11) is 1.88. The second-order valence-electron chi connectivity index (χ2n) is 4.19.